The molecule has 0 saturated heterocycles. The lowest BCUT2D eigenvalue weighted by molar-refractivity contribution is 0.0950. The first-order valence-corrected chi connectivity index (χ1v) is 10.9. The number of nitrogens with one attached hydrogen (secondary N) is 1. The molecular weight excluding hydrogens is 376 g/mol. The number of benzene rings is 1. The maximum atomic E-state index is 13.0. The van der Waals surface area contributed by atoms with Gasteiger partial charge >= 0.3 is 0 Å². The van der Waals surface area contributed by atoms with Gasteiger partial charge in [-0.05, 0) is 57.2 Å². The molecule has 0 saturated carbocycles. The topological polar surface area (TPSA) is 42.0 Å². The normalized spacial score (nSPS) is 12.1. The summed E-state index contributed by atoms with van der Waals surface area (Å²) >= 11 is 1.64. The quantitative estimate of drug-likeness (QED) is 0.550. The number of carbonyl (C=O) groups excluding carboxylic acids is 1. The Morgan fingerprint density at radius 2 is 1.66 bits per heavy atom. The highest BCUT2D eigenvalue weighted by atomic mass is 32.1. The maximum absolute atomic E-state index is 13.0. The minimum absolute atomic E-state index is 0.0221. The van der Waals surface area contributed by atoms with Crippen molar-refractivity contribution in [1.82, 2.24) is 10.3 Å². The highest BCUT2D eigenvalue weighted by Gasteiger charge is 2.22. The molecule has 3 rings (SSSR count). The van der Waals surface area contributed by atoms with Crippen LogP contribution in [-0.4, -0.2) is 10.9 Å². The minimum atomic E-state index is -0.0540. The number of hydrogen-bond donors (Lipinski definition) is 1. The van der Waals surface area contributed by atoms with Crippen molar-refractivity contribution in [3.63, 3.8) is 0 Å². The number of pyridine rings is 1. The Morgan fingerprint density at radius 3 is 2.21 bits per heavy atom. The van der Waals surface area contributed by atoms with Gasteiger partial charge in [0.1, 0.15) is 0 Å². The van der Waals surface area contributed by atoms with Gasteiger partial charge in [-0.3, -0.25) is 9.78 Å². The van der Waals surface area contributed by atoms with Gasteiger partial charge in [0.05, 0.1) is 5.69 Å². The Kier molecular flexibility index (Phi) is 5.95. The average molecular weight is 407 g/mol. The maximum Gasteiger partial charge on any atom is 0.251 e. The standard InChI is InChI=1S/C25H30N2OS/c1-24(2,3)20-12-19(13-21(14-20)25(4,5)6)23(28)27-15-17-8-7-10-26-22(17)18-9-11-29-16-18/h7-14,16H,15H2,1-6H3,(H,27,28). The number of aromatic nitrogens is 1. The molecular formula is C25H30N2OS. The largest absolute Gasteiger partial charge is 0.348 e. The molecule has 2 aromatic heterocycles. The molecule has 29 heavy (non-hydrogen) atoms. The highest BCUT2D eigenvalue weighted by molar-refractivity contribution is 7.08. The van der Waals surface area contributed by atoms with E-state index >= 15 is 0 Å². The summed E-state index contributed by atoms with van der Waals surface area (Å²) in [5, 5.41) is 7.22. The second kappa shape index (κ2) is 8.11. The summed E-state index contributed by atoms with van der Waals surface area (Å²) in [6.07, 6.45) is 1.79. The van der Waals surface area contributed by atoms with Gasteiger partial charge in [-0.2, -0.15) is 11.3 Å². The fourth-order valence-corrected chi connectivity index (χ4v) is 3.78. The van der Waals surface area contributed by atoms with E-state index in [-0.39, 0.29) is 16.7 Å². The van der Waals surface area contributed by atoms with E-state index in [9.17, 15) is 4.79 Å². The molecule has 1 N–H and O–H groups in total. The van der Waals surface area contributed by atoms with Gasteiger partial charge in [-0.1, -0.05) is 53.7 Å². The summed E-state index contributed by atoms with van der Waals surface area (Å²) in [5.41, 5.74) is 6.05. The molecule has 0 aliphatic heterocycles. The van der Waals surface area contributed by atoms with Crippen LogP contribution in [0.4, 0.5) is 0 Å². The molecule has 3 aromatic rings. The van der Waals surface area contributed by atoms with Crippen molar-refractivity contribution in [2.24, 2.45) is 0 Å². The van der Waals surface area contributed by atoms with E-state index in [0.29, 0.717) is 12.1 Å². The zero-order chi connectivity index (χ0) is 21.2. The molecule has 0 bridgehead atoms. The van der Waals surface area contributed by atoms with Crippen LogP contribution in [-0.2, 0) is 17.4 Å². The van der Waals surface area contributed by atoms with E-state index in [2.05, 4.69) is 69.4 Å². The van der Waals surface area contributed by atoms with Crippen LogP contribution in [0.5, 0.6) is 0 Å². The summed E-state index contributed by atoms with van der Waals surface area (Å²) in [7, 11) is 0. The molecule has 152 valence electrons. The number of rotatable bonds is 4. The van der Waals surface area contributed by atoms with Gasteiger partial charge in [-0.25, -0.2) is 0 Å². The van der Waals surface area contributed by atoms with Crippen molar-refractivity contribution in [3.05, 3.63) is 75.6 Å². The van der Waals surface area contributed by atoms with Crippen LogP contribution < -0.4 is 5.32 Å². The van der Waals surface area contributed by atoms with E-state index in [0.717, 1.165) is 16.8 Å². The van der Waals surface area contributed by atoms with Crippen LogP contribution in [0.15, 0.2) is 53.4 Å². The fraction of sp³-hybridized carbons (Fsp3) is 0.360. The smallest absolute Gasteiger partial charge is 0.251 e. The molecule has 4 heteroatoms. The first-order chi connectivity index (χ1) is 13.6. The van der Waals surface area contributed by atoms with Crippen molar-refractivity contribution < 1.29 is 4.79 Å². The van der Waals surface area contributed by atoms with Gasteiger partial charge in [0, 0.05) is 29.2 Å². The van der Waals surface area contributed by atoms with Crippen LogP contribution in [0.3, 0.4) is 0 Å². The van der Waals surface area contributed by atoms with E-state index in [1.54, 1.807) is 17.5 Å². The minimum Gasteiger partial charge on any atom is -0.348 e. The Bertz CT molecular complexity index is 960. The zero-order valence-corrected chi connectivity index (χ0v) is 19.0. The third-order valence-electron chi connectivity index (χ3n) is 5.05. The van der Waals surface area contributed by atoms with E-state index in [1.807, 2.05) is 29.6 Å². The van der Waals surface area contributed by atoms with Crippen LogP contribution in [0, 0.1) is 0 Å². The summed E-state index contributed by atoms with van der Waals surface area (Å²) in [6.45, 7) is 13.5. The molecule has 0 radical (unpaired) electrons. The lowest BCUT2D eigenvalue weighted by Crippen LogP contribution is -2.25. The lowest BCUT2D eigenvalue weighted by atomic mass is 9.79. The predicted octanol–water partition coefficient (Wildman–Crippen LogP) is 6.34. The SMILES string of the molecule is CC(C)(C)c1cc(C(=O)NCc2cccnc2-c2ccsc2)cc(C(C)(C)C)c1. The number of thiophene rings is 1. The van der Waals surface area contributed by atoms with Crippen molar-refractivity contribution in [2.45, 2.75) is 58.9 Å². The number of carbonyl (C=O) groups is 1. The molecule has 1 aromatic carbocycles. The van der Waals surface area contributed by atoms with Crippen LogP contribution in [0.2, 0.25) is 0 Å². The second-order valence-corrected chi connectivity index (χ2v) is 10.3. The summed E-state index contributed by atoms with van der Waals surface area (Å²) in [5.74, 6) is -0.0540. The van der Waals surface area contributed by atoms with Crippen LogP contribution in [0.1, 0.15) is 68.6 Å². The van der Waals surface area contributed by atoms with E-state index in [1.165, 1.54) is 11.1 Å². The molecule has 0 aliphatic rings. The van der Waals surface area contributed by atoms with Gasteiger partial charge in [0.2, 0.25) is 0 Å². The number of hydrogen-bond acceptors (Lipinski definition) is 3. The average Bonchev–Trinajstić information content (AvgIpc) is 3.19. The van der Waals surface area contributed by atoms with Crippen molar-refractivity contribution >= 4 is 17.2 Å². The second-order valence-electron chi connectivity index (χ2n) is 9.50. The summed E-state index contributed by atoms with van der Waals surface area (Å²) < 4.78 is 0. The zero-order valence-electron chi connectivity index (χ0n) is 18.2. The summed E-state index contributed by atoms with van der Waals surface area (Å²) in [6, 6.07) is 12.3. The molecule has 0 spiro atoms. The van der Waals surface area contributed by atoms with Gasteiger partial charge in [0.15, 0.2) is 0 Å². The number of amides is 1. The Balaban J connectivity index is 1.87. The van der Waals surface area contributed by atoms with Crippen molar-refractivity contribution in [1.29, 1.82) is 0 Å². The van der Waals surface area contributed by atoms with Crippen molar-refractivity contribution in [2.75, 3.05) is 0 Å². The fourth-order valence-electron chi connectivity index (χ4n) is 3.14. The molecule has 1 amide bonds. The molecule has 0 atom stereocenters. The van der Waals surface area contributed by atoms with Gasteiger partial charge in [-0.15, -0.1) is 0 Å². The number of nitrogens with zero attached hydrogens (tertiary/aromatic N) is 1. The third-order valence-corrected chi connectivity index (χ3v) is 5.74. The van der Waals surface area contributed by atoms with E-state index < -0.39 is 0 Å². The molecule has 0 fully saturated rings. The molecule has 2 heterocycles. The Morgan fingerprint density at radius 1 is 1.00 bits per heavy atom. The van der Waals surface area contributed by atoms with Crippen LogP contribution in [0.25, 0.3) is 11.3 Å². The van der Waals surface area contributed by atoms with Gasteiger partial charge < -0.3 is 5.32 Å². The molecule has 0 aliphatic carbocycles. The van der Waals surface area contributed by atoms with Crippen LogP contribution >= 0.6 is 11.3 Å². The Hall–Kier alpha value is -2.46. The monoisotopic (exact) mass is 406 g/mol. The first kappa shape index (κ1) is 21.3. The Labute approximate surface area is 178 Å². The molecule has 3 nitrogen and oxygen atoms in total. The van der Waals surface area contributed by atoms with Crippen molar-refractivity contribution in [3.8, 4) is 11.3 Å². The third kappa shape index (κ3) is 5.13. The predicted molar refractivity (Wildman–Crippen MR) is 123 cm³/mol. The van der Waals surface area contributed by atoms with E-state index in [4.69, 9.17) is 0 Å². The lowest BCUT2D eigenvalue weighted by Gasteiger charge is -2.26. The highest BCUT2D eigenvalue weighted by Crippen LogP contribution is 2.30. The van der Waals surface area contributed by atoms with Gasteiger partial charge in [0.25, 0.3) is 5.91 Å². The molecule has 0 unspecified atom stereocenters. The first-order valence-electron chi connectivity index (χ1n) is 9.96. The summed E-state index contributed by atoms with van der Waals surface area (Å²) in [4.78, 5) is 17.6.